The minimum atomic E-state index is -0.361. The lowest BCUT2D eigenvalue weighted by atomic mass is 9.66. The molecule has 49 heavy (non-hydrogen) atoms. The van der Waals surface area contributed by atoms with Crippen molar-refractivity contribution in [1.29, 1.82) is 0 Å². The molecule has 5 aromatic rings. The van der Waals surface area contributed by atoms with Gasteiger partial charge in [0.05, 0.1) is 22.6 Å². The van der Waals surface area contributed by atoms with Crippen molar-refractivity contribution in [3.8, 4) is 22.3 Å². The lowest BCUT2D eigenvalue weighted by molar-refractivity contribution is 0.00578. The van der Waals surface area contributed by atoms with Gasteiger partial charge in [0.1, 0.15) is 0 Å². The maximum absolute atomic E-state index is 6.51. The van der Waals surface area contributed by atoms with Crippen molar-refractivity contribution in [1.82, 2.24) is 0 Å². The van der Waals surface area contributed by atoms with Gasteiger partial charge in [-0.1, -0.05) is 122 Å². The van der Waals surface area contributed by atoms with E-state index < -0.39 is 0 Å². The summed E-state index contributed by atoms with van der Waals surface area (Å²) in [6.45, 7) is 10.7. The van der Waals surface area contributed by atoms with Gasteiger partial charge >= 0.3 is 7.12 Å². The monoisotopic (exact) mass is 643 g/mol. The average Bonchev–Trinajstić information content (AvgIpc) is 3.50. The first-order chi connectivity index (χ1) is 23.6. The van der Waals surface area contributed by atoms with Crippen molar-refractivity contribution in [2.45, 2.75) is 89.8 Å². The molecule has 1 aliphatic heterocycles. The van der Waals surface area contributed by atoms with Crippen molar-refractivity contribution in [3.05, 3.63) is 143 Å². The van der Waals surface area contributed by atoms with Crippen LogP contribution in [0.15, 0.2) is 120 Å². The molecule has 1 heterocycles. The Morgan fingerprint density at radius 1 is 0.653 bits per heavy atom. The summed E-state index contributed by atoms with van der Waals surface area (Å²) >= 11 is 0. The molecule has 0 unspecified atom stereocenters. The zero-order chi connectivity index (χ0) is 33.8. The molecule has 0 N–H and O–H groups in total. The molecule has 1 spiro atoms. The van der Waals surface area contributed by atoms with Gasteiger partial charge in [-0.3, -0.25) is 4.99 Å². The molecule has 5 aromatic carbocycles. The van der Waals surface area contributed by atoms with E-state index in [1.54, 1.807) is 0 Å². The average molecular weight is 644 g/mol. The molecule has 2 aliphatic carbocycles. The normalized spacial score (nSPS) is 18.8. The molecule has 0 bridgehead atoms. The van der Waals surface area contributed by atoms with Crippen LogP contribution in [0.25, 0.3) is 22.3 Å². The van der Waals surface area contributed by atoms with E-state index >= 15 is 0 Å². The Labute approximate surface area is 292 Å². The zero-order valence-electron chi connectivity index (χ0n) is 29.6. The fraction of sp³-hybridized carbons (Fsp3) is 0.311. The molecule has 1 saturated heterocycles. The largest absolute Gasteiger partial charge is 0.494 e. The Morgan fingerprint density at radius 2 is 1.31 bits per heavy atom. The van der Waals surface area contributed by atoms with Gasteiger partial charge in [0.15, 0.2) is 0 Å². The number of benzene rings is 5. The summed E-state index contributed by atoms with van der Waals surface area (Å²) in [7, 11) is -0.354. The van der Waals surface area contributed by atoms with E-state index in [2.05, 4.69) is 150 Å². The van der Waals surface area contributed by atoms with Crippen molar-refractivity contribution in [2.24, 2.45) is 4.99 Å². The number of aryl methyl sites for hydroxylation is 1. The van der Waals surface area contributed by atoms with E-state index in [0.29, 0.717) is 0 Å². The van der Waals surface area contributed by atoms with E-state index in [4.69, 9.17) is 14.3 Å². The Morgan fingerprint density at radius 3 is 2.04 bits per heavy atom. The van der Waals surface area contributed by atoms with Crippen LogP contribution in [0.2, 0.25) is 0 Å². The van der Waals surface area contributed by atoms with E-state index in [1.807, 2.05) is 0 Å². The van der Waals surface area contributed by atoms with Crippen LogP contribution in [0.4, 0.5) is 5.69 Å². The van der Waals surface area contributed by atoms with Gasteiger partial charge in [-0.05, 0) is 115 Å². The van der Waals surface area contributed by atoms with Gasteiger partial charge in [0, 0.05) is 11.8 Å². The Bertz CT molecular complexity index is 2040. The summed E-state index contributed by atoms with van der Waals surface area (Å²) in [6, 6.07) is 42.2. The predicted octanol–water partition coefficient (Wildman–Crippen LogP) is 10.6. The van der Waals surface area contributed by atoms with Gasteiger partial charge in [0.2, 0.25) is 0 Å². The number of rotatable bonds is 6. The lowest BCUT2D eigenvalue weighted by Gasteiger charge is -2.36. The molecule has 1 saturated carbocycles. The SMILES string of the molecule is Cc1ccccc1/N=C(\Cc1cccc(-c2ccc3c(c2)C2(CCCCC2)c2cc(B4OC(C)(C)C(C)(C)O4)ccc2-3)c1)c1ccccc1. The van der Waals surface area contributed by atoms with Crippen LogP contribution in [-0.4, -0.2) is 24.0 Å². The zero-order valence-corrected chi connectivity index (χ0v) is 29.6. The molecule has 246 valence electrons. The van der Waals surface area contributed by atoms with Crippen molar-refractivity contribution in [2.75, 3.05) is 0 Å². The van der Waals surface area contributed by atoms with Crippen LogP contribution >= 0.6 is 0 Å². The van der Waals surface area contributed by atoms with Crippen LogP contribution < -0.4 is 5.46 Å². The second-order valence-electron chi connectivity index (χ2n) is 15.4. The molecule has 8 rings (SSSR count). The lowest BCUT2D eigenvalue weighted by Crippen LogP contribution is -2.41. The van der Waals surface area contributed by atoms with Crippen LogP contribution in [0.1, 0.15) is 87.6 Å². The standard InChI is InChI=1S/C45H46BNO2/c1-31-15-10-11-20-41(31)47-42(33-17-8-6-9-18-33)28-32-16-14-19-34(27-32)35-21-23-37-38-24-22-36(46-48-43(2,3)44(4,5)49-46)30-40(38)45(39(37)29-35)25-12-7-13-26-45/h6,8-11,14-24,27,29-30H,7,12-13,25-26,28H2,1-5H3/b47-42+. The molecule has 4 heteroatoms. The summed E-state index contributed by atoms with van der Waals surface area (Å²) in [6.07, 6.45) is 6.93. The van der Waals surface area contributed by atoms with Crippen LogP contribution in [0.5, 0.6) is 0 Å². The third-order valence-electron chi connectivity index (χ3n) is 11.7. The van der Waals surface area contributed by atoms with E-state index in [9.17, 15) is 0 Å². The number of hydrogen-bond donors (Lipinski definition) is 0. The second kappa shape index (κ2) is 12.3. The topological polar surface area (TPSA) is 30.8 Å². The summed E-state index contributed by atoms with van der Waals surface area (Å²) in [4.78, 5) is 5.20. The molecule has 3 aliphatic rings. The summed E-state index contributed by atoms with van der Waals surface area (Å²) in [5, 5.41) is 0. The highest BCUT2D eigenvalue weighted by molar-refractivity contribution is 6.62. The third kappa shape index (κ3) is 5.69. The van der Waals surface area contributed by atoms with E-state index in [0.717, 1.165) is 28.8 Å². The van der Waals surface area contributed by atoms with Crippen LogP contribution in [-0.2, 0) is 21.1 Å². The third-order valence-corrected chi connectivity index (χ3v) is 11.7. The highest BCUT2D eigenvalue weighted by Gasteiger charge is 2.52. The van der Waals surface area contributed by atoms with Crippen molar-refractivity contribution in [3.63, 3.8) is 0 Å². The molecule has 0 amide bonds. The molecule has 2 fully saturated rings. The number of nitrogens with zero attached hydrogens (tertiary/aromatic N) is 1. The Hall–Kier alpha value is -4.25. The van der Waals surface area contributed by atoms with Gasteiger partial charge in [-0.25, -0.2) is 0 Å². The van der Waals surface area contributed by atoms with Crippen molar-refractivity contribution < 1.29 is 9.31 Å². The highest BCUT2D eigenvalue weighted by Crippen LogP contribution is 2.56. The Balaban J connectivity index is 1.15. The minimum Gasteiger partial charge on any atom is -0.399 e. The van der Waals surface area contributed by atoms with Crippen LogP contribution in [0.3, 0.4) is 0 Å². The number of para-hydroxylation sites is 1. The molecule has 0 atom stereocenters. The fourth-order valence-electron chi connectivity index (χ4n) is 8.24. The highest BCUT2D eigenvalue weighted by atomic mass is 16.7. The maximum Gasteiger partial charge on any atom is 0.494 e. The maximum atomic E-state index is 6.51. The first-order valence-electron chi connectivity index (χ1n) is 18.1. The molecule has 0 radical (unpaired) electrons. The fourth-order valence-corrected chi connectivity index (χ4v) is 8.24. The van der Waals surface area contributed by atoms with Crippen molar-refractivity contribution >= 4 is 24.0 Å². The summed E-state index contributed by atoms with van der Waals surface area (Å²) in [5.74, 6) is 0. The minimum absolute atomic E-state index is 0.0247. The first-order valence-corrected chi connectivity index (χ1v) is 18.1. The summed E-state index contributed by atoms with van der Waals surface area (Å²) < 4.78 is 13.0. The van der Waals surface area contributed by atoms with E-state index in [1.165, 1.54) is 76.6 Å². The number of hydrogen-bond acceptors (Lipinski definition) is 3. The quantitative estimate of drug-likeness (QED) is 0.136. The van der Waals surface area contributed by atoms with Gasteiger partial charge in [0.25, 0.3) is 0 Å². The predicted molar refractivity (Wildman–Crippen MR) is 204 cm³/mol. The Kier molecular flexibility index (Phi) is 8.01. The van der Waals surface area contributed by atoms with Crippen LogP contribution in [0, 0.1) is 6.92 Å². The summed E-state index contributed by atoms with van der Waals surface area (Å²) in [5.41, 5.74) is 14.4. The smallest absolute Gasteiger partial charge is 0.399 e. The molecule has 3 nitrogen and oxygen atoms in total. The van der Waals surface area contributed by atoms with E-state index in [-0.39, 0.29) is 23.7 Å². The van der Waals surface area contributed by atoms with Gasteiger partial charge in [-0.2, -0.15) is 0 Å². The molecular weight excluding hydrogens is 597 g/mol. The van der Waals surface area contributed by atoms with Gasteiger partial charge in [-0.15, -0.1) is 0 Å². The number of fused-ring (bicyclic) bond motifs is 5. The molecule has 0 aromatic heterocycles. The molecular formula is C45H46BNO2. The van der Waals surface area contributed by atoms with Gasteiger partial charge < -0.3 is 9.31 Å². The first kappa shape index (κ1) is 32.0. The second-order valence-corrected chi connectivity index (χ2v) is 15.4. The number of aliphatic imine (C=N–C) groups is 1.